The highest BCUT2D eigenvalue weighted by molar-refractivity contribution is 7.11. The fourth-order valence-electron chi connectivity index (χ4n) is 2.69. The highest BCUT2D eigenvalue weighted by Crippen LogP contribution is 2.48. The molecule has 0 spiro atoms. The molecule has 2 aromatic heterocycles. The molecule has 0 atom stereocenters. The molecule has 0 unspecified atom stereocenters. The number of benzene rings is 1. The topological polar surface area (TPSA) is 37.8 Å². The van der Waals surface area contributed by atoms with E-state index in [1.54, 1.807) is 11.5 Å². The van der Waals surface area contributed by atoms with Crippen molar-refractivity contribution in [2.75, 3.05) is 11.9 Å². The van der Waals surface area contributed by atoms with E-state index in [4.69, 9.17) is 0 Å². The summed E-state index contributed by atoms with van der Waals surface area (Å²) in [6, 6.07) is 12.6. The van der Waals surface area contributed by atoms with Gasteiger partial charge in [-0.1, -0.05) is 12.1 Å². The van der Waals surface area contributed by atoms with E-state index >= 15 is 0 Å². The smallest absolute Gasteiger partial charge is 0.117 e. The number of nitrogens with one attached hydrogen (secondary N) is 1. The monoisotopic (exact) mass is 281 g/mol. The number of hydrogen-bond donors (Lipinski definition) is 1. The maximum Gasteiger partial charge on any atom is 0.117 e. The first kappa shape index (κ1) is 11.9. The lowest BCUT2D eigenvalue weighted by Crippen LogP contribution is -2.19. The molecule has 0 bridgehead atoms. The average molecular weight is 281 g/mol. The minimum absolute atomic E-state index is 0.300. The van der Waals surface area contributed by atoms with Crippen LogP contribution in [-0.4, -0.2) is 15.9 Å². The minimum atomic E-state index is 0.300. The average Bonchev–Trinajstić information content (AvgIpc) is 3.20. The number of anilines is 1. The van der Waals surface area contributed by atoms with Crippen molar-refractivity contribution in [3.8, 4) is 0 Å². The van der Waals surface area contributed by atoms with Gasteiger partial charge in [0.05, 0.1) is 5.52 Å². The lowest BCUT2D eigenvalue weighted by Gasteiger charge is -2.16. The van der Waals surface area contributed by atoms with Crippen molar-refractivity contribution in [3.05, 3.63) is 54.4 Å². The SMILES string of the molecule is c1ccc2c(NCC3(c4ccncc4)CC3)snc2c1. The van der Waals surface area contributed by atoms with Crippen LogP contribution >= 0.6 is 11.5 Å². The van der Waals surface area contributed by atoms with Crippen molar-refractivity contribution in [1.82, 2.24) is 9.36 Å². The van der Waals surface area contributed by atoms with Crippen LogP contribution in [0.25, 0.3) is 10.9 Å². The van der Waals surface area contributed by atoms with E-state index < -0.39 is 0 Å². The molecule has 0 radical (unpaired) electrons. The Balaban J connectivity index is 1.56. The summed E-state index contributed by atoms with van der Waals surface area (Å²) in [5, 5.41) is 6.01. The molecule has 20 heavy (non-hydrogen) atoms. The van der Waals surface area contributed by atoms with Crippen molar-refractivity contribution in [3.63, 3.8) is 0 Å². The number of nitrogens with zero attached hydrogens (tertiary/aromatic N) is 2. The van der Waals surface area contributed by atoms with E-state index in [-0.39, 0.29) is 0 Å². The molecule has 0 aliphatic heterocycles. The number of aromatic nitrogens is 2. The van der Waals surface area contributed by atoms with E-state index in [2.05, 4.69) is 45.0 Å². The van der Waals surface area contributed by atoms with Crippen LogP contribution in [0.1, 0.15) is 18.4 Å². The maximum absolute atomic E-state index is 4.48. The quantitative estimate of drug-likeness (QED) is 0.789. The zero-order chi connectivity index (χ0) is 13.4. The van der Waals surface area contributed by atoms with Gasteiger partial charge in [0.15, 0.2) is 0 Å². The Morgan fingerprint density at radius 2 is 1.90 bits per heavy atom. The maximum atomic E-state index is 4.48. The lowest BCUT2D eigenvalue weighted by atomic mass is 9.97. The largest absolute Gasteiger partial charge is 0.374 e. The Hall–Kier alpha value is -1.94. The summed E-state index contributed by atoms with van der Waals surface area (Å²) in [6.45, 7) is 0.975. The van der Waals surface area contributed by atoms with E-state index in [0.29, 0.717) is 5.41 Å². The predicted molar refractivity (Wildman–Crippen MR) is 83.3 cm³/mol. The van der Waals surface area contributed by atoms with Crippen molar-refractivity contribution >= 4 is 27.4 Å². The molecule has 0 saturated heterocycles. The predicted octanol–water partition coefficient (Wildman–Crippen LogP) is 3.84. The summed E-state index contributed by atoms with van der Waals surface area (Å²) in [5.74, 6) is 0. The van der Waals surface area contributed by atoms with Crippen LogP contribution in [-0.2, 0) is 5.41 Å². The van der Waals surface area contributed by atoms with Crippen LogP contribution in [0, 0.1) is 0 Å². The van der Waals surface area contributed by atoms with Crippen LogP contribution in [0.15, 0.2) is 48.8 Å². The molecule has 1 fully saturated rings. The molecule has 1 N–H and O–H groups in total. The molecule has 1 saturated carbocycles. The molecular weight excluding hydrogens is 266 g/mol. The van der Waals surface area contributed by atoms with Crippen LogP contribution in [0.5, 0.6) is 0 Å². The fraction of sp³-hybridized carbons (Fsp3) is 0.250. The zero-order valence-electron chi connectivity index (χ0n) is 11.0. The molecule has 0 amide bonds. The highest BCUT2D eigenvalue weighted by Gasteiger charge is 2.44. The van der Waals surface area contributed by atoms with E-state index in [0.717, 1.165) is 12.1 Å². The first-order valence-corrected chi connectivity index (χ1v) is 7.64. The summed E-state index contributed by atoms with van der Waals surface area (Å²) in [7, 11) is 0. The molecule has 1 aliphatic carbocycles. The van der Waals surface area contributed by atoms with Gasteiger partial charge in [0, 0.05) is 29.7 Å². The summed E-state index contributed by atoms with van der Waals surface area (Å²) in [5.41, 5.74) is 2.77. The van der Waals surface area contributed by atoms with Crippen LogP contribution < -0.4 is 5.32 Å². The normalized spacial score (nSPS) is 16.2. The third kappa shape index (κ3) is 1.96. The number of hydrogen-bond acceptors (Lipinski definition) is 4. The summed E-state index contributed by atoms with van der Waals surface area (Å²) < 4.78 is 4.48. The number of fused-ring (bicyclic) bond motifs is 1. The summed E-state index contributed by atoms with van der Waals surface area (Å²) in [6.07, 6.45) is 6.27. The third-order valence-electron chi connectivity index (χ3n) is 4.12. The van der Waals surface area contributed by atoms with Gasteiger partial charge in [0.2, 0.25) is 0 Å². The molecule has 2 heterocycles. The summed E-state index contributed by atoms with van der Waals surface area (Å²) in [4.78, 5) is 4.11. The van der Waals surface area contributed by atoms with Gasteiger partial charge in [0.1, 0.15) is 5.00 Å². The van der Waals surface area contributed by atoms with Gasteiger partial charge < -0.3 is 5.32 Å². The molecule has 4 rings (SSSR count). The second kappa shape index (κ2) is 4.56. The Bertz CT molecular complexity index is 732. The van der Waals surface area contributed by atoms with Crippen LogP contribution in [0.4, 0.5) is 5.00 Å². The molecule has 1 aromatic carbocycles. The molecule has 4 heteroatoms. The second-order valence-corrected chi connectivity index (χ2v) is 6.17. The van der Waals surface area contributed by atoms with Gasteiger partial charge in [-0.3, -0.25) is 4.98 Å². The number of pyridine rings is 1. The van der Waals surface area contributed by atoms with Gasteiger partial charge in [0.25, 0.3) is 0 Å². The van der Waals surface area contributed by atoms with Gasteiger partial charge in [-0.05, 0) is 54.2 Å². The highest BCUT2D eigenvalue weighted by atomic mass is 32.1. The fourth-order valence-corrected chi connectivity index (χ4v) is 3.45. The first-order valence-electron chi connectivity index (χ1n) is 6.86. The standard InChI is InChI=1S/C16H15N3S/c1-2-4-14-13(3-1)15(20-19-14)18-11-16(7-8-16)12-5-9-17-10-6-12/h1-6,9-10,18H,7-8,11H2. The Morgan fingerprint density at radius 1 is 1.10 bits per heavy atom. The molecule has 3 nitrogen and oxygen atoms in total. The van der Waals surface area contributed by atoms with Crippen molar-refractivity contribution in [2.24, 2.45) is 0 Å². The van der Waals surface area contributed by atoms with Crippen molar-refractivity contribution < 1.29 is 0 Å². The van der Waals surface area contributed by atoms with E-state index in [1.807, 2.05) is 18.5 Å². The van der Waals surface area contributed by atoms with Gasteiger partial charge in [-0.15, -0.1) is 0 Å². The van der Waals surface area contributed by atoms with Crippen LogP contribution in [0.2, 0.25) is 0 Å². The van der Waals surface area contributed by atoms with Gasteiger partial charge >= 0.3 is 0 Å². The Kier molecular flexibility index (Phi) is 2.70. The molecule has 1 aliphatic rings. The lowest BCUT2D eigenvalue weighted by molar-refractivity contribution is 0.732. The van der Waals surface area contributed by atoms with E-state index in [9.17, 15) is 0 Å². The molecular formula is C16H15N3S. The Labute approximate surface area is 121 Å². The molecule has 100 valence electrons. The van der Waals surface area contributed by atoms with Crippen LogP contribution in [0.3, 0.4) is 0 Å². The van der Waals surface area contributed by atoms with E-state index in [1.165, 1.54) is 28.8 Å². The second-order valence-electron chi connectivity index (χ2n) is 5.40. The molecule has 3 aromatic rings. The van der Waals surface area contributed by atoms with Gasteiger partial charge in [-0.2, -0.15) is 4.37 Å². The number of rotatable bonds is 4. The minimum Gasteiger partial charge on any atom is -0.374 e. The van der Waals surface area contributed by atoms with Gasteiger partial charge in [-0.25, -0.2) is 0 Å². The van der Waals surface area contributed by atoms with Crippen molar-refractivity contribution in [1.29, 1.82) is 0 Å². The van der Waals surface area contributed by atoms with Crippen molar-refractivity contribution in [2.45, 2.75) is 18.3 Å². The third-order valence-corrected chi connectivity index (χ3v) is 4.95. The zero-order valence-corrected chi connectivity index (χ0v) is 11.9. The first-order chi connectivity index (χ1) is 9.87. The Morgan fingerprint density at radius 3 is 2.70 bits per heavy atom. The summed E-state index contributed by atoms with van der Waals surface area (Å²) >= 11 is 1.55.